The van der Waals surface area contributed by atoms with Gasteiger partial charge in [-0.3, -0.25) is 0 Å². The summed E-state index contributed by atoms with van der Waals surface area (Å²) in [7, 11) is 3.09. The molecule has 164 valence electrons. The monoisotopic (exact) mass is 417 g/mol. The number of rotatable bonds is 4. The summed E-state index contributed by atoms with van der Waals surface area (Å²) in [6.45, 7) is 9.77. The van der Waals surface area contributed by atoms with Gasteiger partial charge in [-0.1, -0.05) is 0 Å². The molecule has 2 heterocycles. The number of carbonyl (C=O) groups excluding carboxylic acids is 2. The number of amides is 1. The molecular weight excluding hydrogens is 386 g/mol. The van der Waals surface area contributed by atoms with E-state index < -0.39 is 11.6 Å². The fourth-order valence-electron chi connectivity index (χ4n) is 3.89. The van der Waals surface area contributed by atoms with E-state index in [1.807, 2.05) is 38.7 Å². The Balaban J connectivity index is 1.77. The molecule has 0 unspecified atom stereocenters. The molecule has 0 N–H and O–H groups in total. The van der Waals surface area contributed by atoms with E-state index in [1.54, 1.807) is 13.1 Å². The van der Waals surface area contributed by atoms with Gasteiger partial charge in [-0.2, -0.15) is 15.0 Å². The zero-order valence-corrected chi connectivity index (χ0v) is 18.6. The molecule has 0 radical (unpaired) electrons. The summed E-state index contributed by atoms with van der Waals surface area (Å²) < 4.78 is 10.4. The van der Waals surface area contributed by atoms with E-state index in [0.717, 1.165) is 31.6 Å². The van der Waals surface area contributed by atoms with Crippen LogP contribution in [-0.4, -0.2) is 70.3 Å². The second kappa shape index (κ2) is 8.49. The van der Waals surface area contributed by atoms with Gasteiger partial charge in [0.2, 0.25) is 0 Å². The lowest BCUT2D eigenvalue weighted by atomic mass is 10.0. The molecule has 2 aromatic rings. The smallest absolute Gasteiger partial charge is 0.410 e. The predicted octanol–water partition coefficient (Wildman–Crippen LogP) is 2.98. The Morgan fingerprint density at radius 3 is 2.37 bits per heavy atom. The van der Waals surface area contributed by atoms with Crippen LogP contribution in [0, 0.1) is 0 Å². The minimum absolute atomic E-state index is 0.132. The molecular formula is C21H31N5O4. The molecule has 9 nitrogen and oxygen atoms in total. The largest absolute Gasteiger partial charge is 0.465 e. The van der Waals surface area contributed by atoms with Crippen LogP contribution < -0.4 is 4.90 Å². The maximum absolute atomic E-state index is 12.6. The number of ether oxygens (including phenoxy) is 2. The molecule has 1 aromatic heterocycles. The number of nitrogens with zero attached hydrogens (tertiary/aromatic N) is 5. The van der Waals surface area contributed by atoms with Crippen molar-refractivity contribution in [1.29, 1.82) is 0 Å². The van der Waals surface area contributed by atoms with Crippen molar-refractivity contribution in [3.05, 3.63) is 17.7 Å². The van der Waals surface area contributed by atoms with Gasteiger partial charge >= 0.3 is 12.1 Å². The predicted molar refractivity (Wildman–Crippen MR) is 114 cm³/mol. The van der Waals surface area contributed by atoms with Crippen molar-refractivity contribution in [2.24, 2.45) is 7.05 Å². The van der Waals surface area contributed by atoms with Gasteiger partial charge in [-0.15, -0.1) is 0 Å². The van der Waals surface area contributed by atoms with Crippen LogP contribution in [0.4, 0.5) is 10.5 Å². The van der Waals surface area contributed by atoms with Crippen LogP contribution >= 0.6 is 0 Å². The number of hydrogen-bond acceptors (Lipinski definition) is 7. The normalized spacial score (nSPS) is 15.3. The summed E-state index contributed by atoms with van der Waals surface area (Å²) in [6.07, 6.45) is 1.39. The van der Waals surface area contributed by atoms with Crippen molar-refractivity contribution in [2.75, 3.05) is 31.6 Å². The van der Waals surface area contributed by atoms with E-state index in [0.29, 0.717) is 23.1 Å². The lowest BCUT2D eigenvalue weighted by Crippen LogP contribution is -2.48. The molecule has 0 atom stereocenters. The highest BCUT2D eigenvalue weighted by Crippen LogP contribution is 2.30. The Morgan fingerprint density at radius 2 is 1.80 bits per heavy atom. The Hall–Kier alpha value is -2.84. The minimum atomic E-state index is -0.510. The van der Waals surface area contributed by atoms with Gasteiger partial charge in [0.1, 0.15) is 16.6 Å². The lowest BCUT2D eigenvalue weighted by Gasteiger charge is -2.39. The minimum Gasteiger partial charge on any atom is -0.465 e. The van der Waals surface area contributed by atoms with Crippen molar-refractivity contribution in [2.45, 2.75) is 52.2 Å². The van der Waals surface area contributed by atoms with E-state index in [2.05, 4.69) is 15.1 Å². The first-order valence-corrected chi connectivity index (χ1v) is 10.3. The summed E-state index contributed by atoms with van der Waals surface area (Å²) >= 11 is 0. The van der Waals surface area contributed by atoms with Gasteiger partial charge in [0.25, 0.3) is 0 Å². The van der Waals surface area contributed by atoms with Crippen LogP contribution in [-0.2, 0) is 16.5 Å². The molecule has 9 heteroatoms. The summed E-state index contributed by atoms with van der Waals surface area (Å²) in [5, 5.41) is 8.84. The van der Waals surface area contributed by atoms with E-state index in [1.165, 1.54) is 11.9 Å². The molecule has 1 saturated heterocycles. The zero-order chi connectivity index (χ0) is 22.1. The molecule has 1 aliphatic heterocycles. The molecule has 0 aliphatic carbocycles. The van der Waals surface area contributed by atoms with Gasteiger partial charge in [0.05, 0.1) is 18.4 Å². The maximum atomic E-state index is 12.6. The number of benzene rings is 1. The topological polar surface area (TPSA) is 89.8 Å². The third kappa shape index (κ3) is 4.49. The number of hydrogen-bond donors (Lipinski definition) is 0. The Labute approximate surface area is 176 Å². The van der Waals surface area contributed by atoms with Crippen molar-refractivity contribution in [1.82, 2.24) is 19.9 Å². The van der Waals surface area contributed by atoms with Crippen molar-refractivity contribution < 1.29 is 19.1 Å². The summed E-state index contributed by atoms with van der Waals surface area (Å²) in [5.41, 5.74) is 2.04. The van der Waals surface area contributed by atoms with Crippen LogP contribution in [0.1, 0.15) is 50.9 Å². The van der Waals surface area contributed by atoms with E-state index in [9.17, 15) is 9.59 Å². The van der Waals surface area contributed by atoms with Crippen LogP contribution in [0.15, 0.2) is 12.1 Å². The number of piperidine rings is 1. The van der Waals surface area contributed by atoms with Crippen LogP contribution in [0.2, 0.25) is 0 Å². The summed E-state index contributed by atoms with van der Waals surface area (Å²) in [6, 6.07) is 3.77. The van der Waals surface area contributed by atoms with Gasteiger partial charge in [0.15, 0.2) is 0 Å². The third-order valence-corrected chi connectivity index (χ3v) is 5.24. The fourth-order valence-corrected chi connectivity index (χ4v) is 3.89. The summed E-state index contributed by atoms with van der Waals surface area (Å²) in [4.78, 5) is 30.2. The molecule has 0 saturated carbocycles. The Morgan fingerprint density at radius 1 is 1.17 bits per heavy atom. The highest BCUT2D eigenvalue weighted by atomic mass is 16.6. The first kappa shape index (κ1) is 21.9. The fraction of sp³-hybridized carbons (Fsp3) is 0.619. The van der Waals surface area contributed by atoms with E-state index >= 15 is 0 Å². The molecule has 1 aliphatic rings. The van der Waals surface area contributed by atoms with Crippen LogP contribution in [0.5, 0.6) is 0 Å². The van der Waals surface area contributed by atoms with Crippen molar-refractivity contribution >= 4 is 28.8 Å². The number of esters is 1. The highest BCUT2D eigenvalue weighted by molar-refractivity contribution is 6.05. The second-order valence-corrected chi connectivity index (χ2v) is 8.50. The molecule has 0 spiro atoms. The molecule has 3 rings (SSSR count). The molecule has 30 heavy (non-hydrogen) atoms. The average molecular weight is 418 g/mol. The number of fused-ring (bicyclic) bond motifs is 1. The van der Waals surface area contributed by atoms with Crippen LogP contribution in [0.25, 0.3) is 11.0 Å². The number of aryl methyl sites for hydroxylation is 1. The van der Waals surface area contributed by atoms with E-state index in [-0.39, 0.29) is 12.1 Å². The average Bonchev–Trinajstić information content (AvgIpc) is 3.07. The van der Waals surface area contributed by atoms with E-state index in [4.69, 9.17) is 9.47 Å². The number of aromatic nitrogens is 3. The van der Waals surface area contributed by atoms with Crippen molar-refractivity contribution in [3.63, 3.8) is 0 Å². The maximum Gasteiger partial charge on any atom is 0.410 e. The van der Waals surface area contributed by atoms with Gasteiger partial charge in [0, 0.05) is 32.7 Å². The van der Waals surface area contributed by atoms with Gasteiger partial charge in [-0.25, -0.2) is 9.59 Å². The number of methoxy groups -OCH3 is 1. The Bertz CT molecular complexity index is 925. The van der Waals surface area contributed by atoms with Crippen LogP contribution in [0.3, 0.4) is 0 Å². The number of anilines is 1. The Kier molecular flexibility index (Phi) is 6.19. The second-order valence-electron chi connectivity index (χ2n) is 8.50. The van der Waals surface area contributed by atoms with Gasteiger partial charge < -0.3 is 19.3 Å². The van der Waals surface area contributed by atoms with Gasteiger partial charge in [-0.05, 0) is 52.7 Å². The SMILES string of the molecule is CCN(C(=O)OC(C)(C)C)C1CCN(c2ccc(C(=O)OC)c3nn(C)nc23)CC1. The standard InChI is InChI=1S/C21H31N5O4/c1-7-26(20(28)30-21(2,3)4)14-10-12-25(13-11-14)16-9-8-15(19(27)29-6)17-18(16)23-24(5)22-17/h8-9,14H,7,10-13H2,1-6H3. The first-order valence-electron chi connectivity index (χ1n) is 10.3. The molecule has 0 bridgehead atoms. The number of carbonyl (C=O) groups is 2. The summed E-state index contributed by atoms with van der Waals surface area (Å²) in [5.74, 6) is -0.429. The molecule has 1 aromatic carbocycles. The lowest BCUT2D eigenvalue weighted by molar-refractivity contribution is 0.0149. The molecule has 1 fully saturated rings. The first-order chi connectivity index (χ1) is 14.1. The zero-order valence-electron chi connectivity index (χ0n) is 18.6. The molecule has 1 amide bonds. The van der Waals surface area contributed by atoms with Crippen molar-refractivity contribution in [3.8, 4) is 0 Å². The quantitative estimate of drug-likeness (QED) is 0.707. The third-order valence-electron chi connectivity index (χ3n) is 5.24. The highest BCUT2D eigenvalue weighted by Gasteiger charge is 2.31.